The highest BCUT2D eigenvalue weighted by atomic mass is 15.2. The average Bonchev–Trinajstić information content (AvgIpc) is 3.71. The molecule has 5 aromatic carbocycles. The average molecular weight is 641 g/mol. The molecule has 246 valence electrons. The maximum Gasteiger partial charge on any atom is 0.252 e. The van der Waals surface area contributed by atoms with Gasteiger partial charge in [0.05, 0.1) is 0 Å². The molecule has 2 heterocycles. The zero-order valence-electron chi connectivity index (χ0n) is 30.3. The first-order chi connectivity index (χ1) is 23.5. The molecular formula is C46H49BN2. The summed E-state index contributed by atoms with van der Waals surface area (Å²) in [4.78, 5) is 5.42. The van der Waals surface area contributed by atoms with E-state index in [9.17, 15) is 0 Å². The summed E-state index contributed by atoms with van der Waals surface area (Å²) < 4.78 is 0. The van der Waals surface area contributed by atoms with E-state index in [2.05, 4.69) is 161 Å². The summed E-state index contributed by atoms with van der Waals surface area (Å²) in [6.07, 6.45) is 5.49. The van der Waals surface area contributed by atoms with E-state index in [4.69, 9.17) is 0 Å². The third-order valence-corrected chi connectivity index (χ3v) is 12.2. The van der Waals surface area contributed by atoms with Crippen molar-refractivity contribution in [2.24, 2.45) is 11.8 Å². The maximum atomic E-state index is 2.83. The smallest absolute Gasteiger partial charge is 0.252 e. The van der Waals surface area contributed by atoms with Crippen molar-refractivity contribution in [3.63, 3.8) is 0 Å². The van der Waals surface area contributed by atoms with Gasteiger partial charge in [-0.1, -0.05) is 115 Å². The molecule has 0 aromatic heterocycles. The Morgan fingerprint density at radius 1 is 0.592 bits per heavy atom. The molecule has 0 N–H and O–H groups in total. The Hall–Kier alpha value is -4.24. The SMILES string of the molecule is Cc1cc2c3c(c1)N(C1CC4CCC1C4)c1ccc(C(C)(C)C)cc1B3c1ccc(-c3ccccc3)cc1N2c1ccc(C(C)(C)C)cc1. The topological polar surface area (TPSA) is 6.48 Å². The van der Waals surface area contributed by atoms with Gasteiger partial charge in [-0.2, -0.15) is 0 Å². The minimum atomic E-state index is 0.0676. The summed E-state index contributed by atoms with van der Waals surface area (Å²) in [7, 11) is 0. The van der Waals surface area contributed by atoms with Crippen molar-refractivity contribution in [3.05, 3.63) is 120 Å². The third-order valence-electron chi connectivity index (χ3n) is 12.2. The highest BCUT2D eigenvalue weighted by Gasteiger charge is 2.49. The second-order valence-corrected chi connectivity index (χ2v) is 17.6. The summed E-state index contributed by atoms with van der Waals surface area (Å²) in [5.41, 5.74) is 17.9. The lowest BCUT2D eigenvalue weighted by Gasteiger charge is -2.48. The van der Waals surface area contributed by atoms with Crippen LogP contribution in [-0.2, 0) is 10.8 Å². The number of hydrogen-bond acceptors (Lipinski definition) is 2. The highest BCUT2D eigenvalue weighted by Crippen LogP contribution is 2.51. The van der Waals surface area contributed by atoms with Crippen molar-refractivity contribution >= 4 is 51.5 Å². The summed E-state index contributed by atoms with van der Waals surface area (Å²) in [6, 6.07) is 40.6. The zero-order chi connectivity index (χ0) is 33.8. The molecule has 2 fully saturated rings. The number of fused-ring (bicyclic) bond motifs is 6. The van der Waals surface area contributed by atoms with Crippen molar-refractivity contribution in [3.8, 4) is 11.1 Å². The molecule has 2 aliphatic heterocycles. The molecule has 4 aliphatic rings. The van der Waals surface area contributed by atoms with Gasteiger partial charge in [-0.05, 0) is 129 Å². The summed E-state index contributed by atoms with van der Waals surface area (Å²) >= 11 is 0. The largest absolute Gasteiger partial charge is 0.339 e. The number of benzene rings is 5. The molecule has 0 amide bonds. The molecular weight excluding hydrogens is 591 g/mol. The fourth-order valence-electron chi connectivity index (χ4n) is 9.71. The Balaban J connectivity index is 1.33. The van der Waals surface area contributed by atoms with Crippen LogP contribution in [0.5, 0.6) is 0 Å². The van der Waals surface area contributed by atoms with E-state index in [1.807, 2.05) is 0 Å². The van der Waals surface area contributed by atoms with Gasteiger partial charge in [0.25, 0.3) is 6.71 Å². The van der Waals surface area contributed by atoms with E-state index in [1.54, 1.807) is 0 Å². The number of nitrogens with zero attached hydrogens (tertiary/aromatic N) is 2. The first-order valence-corrected chi connectivity index (χ1v) is 18.6. The molecule has 2 aliphatic carbocycles. The molecule has 2 saturated carbocycles. The molecule has 2 nitrogen and oxygen atoms in total. The van der Waals surface area contributed by atoms with Gasteiger partial charge in [0.15, 0.2) is 0 Å². The van der Waals surface area contributed by atoms with Crippen LogP contribution in [0.25, 0.3) is 11.1 Å². The predicted molar refractivity (Wildman–Crippen MR) is 211 cm³/mol. The Morgan fingerprint density at radius 3 is 1.98 bits per heavy atom. The van der Waals surface area contributed by atoms with Crippen LogP contribution in [0.15, 0.2) is 103 Å². The van der Waals surface area contributed by atoms with Crippen molar-refractivity contribution in [1.82, 2.24) is 0 Å². The Bertz CT molecular complexity index is 2080. The van der Waals surface area contributed by atoms with Crippen LogP contribution in [-0.4, -0.2) is 12.8 Å². The van der Waals surface area contributed by atoms with Crippen LogP contribution < -0.4 is 26.2 Å². The van der Waals surface area contributed by atoms with Gasteiger partial charge < -0.3 is 9.80 Å². The van der Waals surface area contributed by atoms with E-state index >= 15 is 0 Å². The second-order valence-electron chi connectivity index (χ2n) is 17.6. The molecule has 3 unspecified atom stereocenters. The molecule has 3 atom stereocenters. The van der Waals surface area contributed by atoms with Gasteiger partial charge >= 0.3 is 0 Å². The minimum Gasteiger partial charge on any atom is -0.339 e. The van der Waals surface area contributed by atoms with Crippen molar-refractivity contribution < 1.29 is 0 Å². The van der Waals surface area contributed by atoms with Gasteiger partial charge in [0.1, 0.15) is 0 Å². The lowest BCUT2D eigenvalue weighted by Crippen LogP contribution is -2.63. The normalized spacial score (nSPS) is 20.7. The van der Waals surface area contributed by atoms with Crippen molar-refractivity contribution in [2.45, 2.75) is 91.0 Å². The van der Waals surface area contributed by atoms with Gasteiger partial charge in [0, 0.05) is 34.5 Å². The highest BCUT2D eigenvalue weighted by molar-refractivity contribution is 7.00. The molecule has 49 heavy (non-hydrogen) atoms. The lowest BCUT2D eigenvalue weighted by atomic mass is 9.33. The van der Waals surface area contributed by atoms with Crippen LogP contribution in [0.2, 0.25) is 0 Å². The van der Waals surface area contributed by atoms with Gasteiger partial charge in [0.2, 0.25) is 0 Å². The van der Waals surface area contributed by atoms with Crippen LogP contribution in [0, 0.1) is 18.8 Å². The first kappa shape index (κ1) is 30.8. The van der Waals surface area contributed by atoms with Crippen LogP contribution in [0.3, 0.4) is 0 Å². The standard InChI is InChI=1S/C46H49BN2/c1-29-23-42-44-43(24-29)49(40-26-30-13-14-33(40)25-30)39-22-18-35(46(5,6)7)28-38(39)47(44)37-21-15-32(31-11-9-8-10-12-31)27-41(37)48(42)36-19-16-34(17-20-36)45(2,3)4/h8-12,15-24,27-28,30,33,40H,13-14,25-26H2,1-7H3. The molecule has 0 spiro atoms. The van der Waals surface area contributed by atoms with Gasteiger partial charge in [-0.3, -0.25) is 0 Å². The molecule has 5 aromatic rings. The predicted octanol–water partition coefficient (Wildman–Crippen LogP) is 10.2. The number of rotatable bonds is 3. The zero-order valence-corrected chi connectivity index (χ0v) is 30.3. The lowest BCUT2D eigenvalue weighted by molar-refractivity contribution is 0.413. The molecule has 0 saturated heterocycles. The van der Waals surface area contributed by atoms with E-state index in [0.29, 0.717) is 6.04 Å². The Labute approximate surface area is 294 Å². The maximum absolute atomic E-state index is 2.83. The quantitative estimate of drug-likeness (QED) is 0.178. The fraction of sp³-hybridized carbons (Fsp3) is 0.348. The number of aryl methyl sites for hydroxylation is 1. The van der Waals surface area contributed by atoms with E-state index in [0.717, 1.165) is 11.8 Å². The van der Waals surface area contributed by atoms with Crippen LogP contribution >= 0.6 is 0 Å². The van der Waals surface area contributed by atoms with Crippen LogP contribution in [0.1, 0.15) is 83.9 Å². The van der Waals surface area contributed by atoms with Gasteiger partial charge in [-0.15, -0.1) is 0 Å². The molecule has 0 radical (unpaired) electrons. The molecule has 9 rings (SSSR count). The minimum absolute atomic E-state index is 0.0676. The Morgan fingerprint density at radius 2 is 1.31 bits per heavy atom. The number of anilines is 5. The number of hydrogen-bond donors (Lipinski definition) is 0. The summed E-state index contributed by atoms with van der Waals surface area (Å²) in [6.45, 7) is 16.5. The van der Waals surface area contributed by atoms with Gasteiger partial charge in [-0.25, -0.2) is 0 Å². The second kappa shape index (κ2) is 10.9. The monoisotopic (exact) mass is 640 g/mol. The van der Waals surface area contributed by atoms with E-state index in [1.165, 1.54) is 98.3 Å². The molecule has 3 heteroatoms. The first-order valence-electron chi connectivity index (χ1n) is 18.6. The van der Waals surface area contributed by atoms with Crippen molar-refractivity contribution in [2.75, 3.05) is 9.80 Å². The Kier molecular flexibility index (Phi) is 6.84. The van der Waals surface area contributed by atoms with E-state index in [-0.39, 0.29) is 17.5 Å². The van der Waals surface area contributed by atoms with Crippen molar-refractivity contribution in [1.29, 1.82) is 0 Å². The van der Waals surface area contributed by atoms with E-state index < -0.39 is 0 Å². The third kappa shape index (κ3) is 4.90. The van der Waals surface area contributed by atoms with Crippen LogP contribution in [0.4, 0.5) is 28.4 Å². The fourth-order valence-corrected chi connectivity index (χ4v) is 9.71. The summed E-state index contributed by atoms with van der Waals surface area (Å²) in [5.74, 6) is 1.65. The summed E-state index contributed by atoms with van der Waals surface area (Å²) in [5, 5.41) is 0. The molecule has 2 bridgehead atoms.